The molecule has 1 N–H and O–H groups in total. The lowest BCUT2D eigenvalue weighted by molar-refractivity contribution is 0.123. The summed E-state index contributed by atoms with van der Waals surface area (Å²) in [5.41, 5.74) is 2.15. The van der Waals surface area contributed by atoms with Crippen molar-refractivity contribution < 1.29 is 9.53 Å². The first-order valence-electron chi connectivity index (χ1n) is 9.89. The summed E-state index contributed by atoms with van der Waals surface area (Å²) in [5.74, 6) is 0. The van der Waals surface area contributed by atoms with E-state index in [2.05, 4.69) is 22.3 Å². The molecule has 2 aliphatic rings. The van der Waals surface area contributed by atoms with Crippen molar-refractivity contribution in [1.82, 2.24) is 15.1 Å². The van der Waals surface area contributed by atoms with Crippen LogP contribution in [0.5, 0.6) is 0 Å². The summed E-state index contributed by atoms with van der Waals surface area (Å²) in [7, 11) is 0. The molecule has 5 nitrogen and oxygen atoms in total. The maximum Gasteiger partial charge on any atom is 0.410 e. The molecule has 2 aliphatic heterocycles. The van der Waals surface area contributed by atoms with E-state index < -0.39 is 0 Å². The van der Waals surface area contributed by atoms with Gasteiger partial charge in [0.1, 0.15) is 6.61 Å². The van der Waals surface area contributed by atoms with Gasteiger partial charge in [-0.3, -0.25) is 4.90 Å². The fourth-order valence-corrected chi connectivity index (χ4v) is 4.50. The Bertz CT molecular complexity index is 871. The predicted molar refractivity (Wildman–Crippen MR) is 118 cm³/mol. The summed E-state index contributed by atoms with van der Waals surface area (Å²) in [6.07, 6.45) is 1.52. The van der Waals surface area contributed by atoms with Gasteiger partial charge in [0.2, 0.25) is 0 Å². The average molecular weight is 430 g/mol. The van der Waals surface area contributed by atoms with Crippen LogP contribution in [0.15, 0.2) is 54.6 Å². The zero-order valence-corrected chi connectivity index (χ0v) is 17.7. The molecule has 2 aromatic rings. The van der Waals surface area contributed by atoms with Gasteiger partial charge in [-0.15, -0.1) is 0 Å². The third kappa shape index (κ3) is 4.49. The number of ether oxygens (including phenoxy) is 1. The third-order valence-corrected chi connectivity index (χ3v) is 6.40. The molecule has 2 fully saturated rings. The number of amides is 1. The Labute approximate surface area is 181 Å². The predicted octanol–water partition coefficient (Wildman–Crippen LogP) is 4.37. The molecule has 0 radical (unpaired) electrons. The van der Waals surface area contributed by atoms with E-state index in [0.717, 1.165) is 47.2 Å². The highest BCUT2D eigenvalue weighted by Crippen LogP contribution is 2.33. The van der Waals surface area contributed by atoms with Crippen LogP contribution < -0.4 is 5.32 Å². The molecule has 2 aromatic carbocycles. The maximum atomic E-state index is 12.4. The minimum atomic E-state index is -0.211. The highest BCUT2D eigenvalue weighted by molar-refractivity contribution is 7.80. The van der Waals surface area contributed by atoms with E-state index in [0.29, 0.717) is 13.2 Å². The molecule has 2 saturated heterocycles. The Morgan fingerprint density at radius 1 is 1.10 bits per heavy atom. The number of carbonyl (C=O) groups excluding carboxylic acids is 1. The first-order valence-corrected chi connectivity index (χ1v) is 10.7. The Hall–Kier alpha value is -2.31. The topological polar surface area (TPSA) is 44.8 Å². The van der Waals surface area contributed by atoms with E-state index in [9.17, 15) is 4.79 Å². The number of thiocarbonyl (C=S) groups is 1. The van der Waals surface area contributed by atoms with Gasteiger partial charge < -0.3 is 15.0 Å². The molecule has 2 heterocycles. The monoisotopic (exact) mass is 429 g/mol. The zero-order valence-electron chi connectivity index (χ0n) is 16.1. The number of cyclic esters (lactones) is 1. The van der Waals surface area contributed by atoms with Crippen LogP contribution in [-0.4, -0.2) is 46.7 Å². The molecule has 0 saturated carbocycles. The first kappa shape index (κ1) is 20.0. The Kier molecular flexibility index (Phi) is 6.21. The third-order valence-electron chi connectivity index (χ3n) is 5.63. The molecule has 0 aliphatic carbocycles. The van der Waals surface area contributed by atoms with Gasteiger partial charge in [-0.2, -0.15) is 0 Å². The number of halogens is 1. The van der Waals surface area contributed by atoms with Crippen molar-refractivity contribution in [3.8, 4) is 0 Å². The van der Waals surface area contributed by atoms with Gasteiger partial charge in [-0.05, 0) is 42.3 Å². The van der Waals surface area contributed by atoms with Crippen molar-refractivity contribution in [3.05, 3.63) is 70.7 Å². The summed E-state index contributed by atoms with van der Waals surface area (Å²) in [6.45, 7) is 2.64. The number of nitrogens with zero attached hydrogens (tertiary/aromatic N) is 2. The van der Waals surface area contributed by atoms with E-state index in [-0.39, 0.29) is 18.2 Å². The van der Waals surface area contributed by atoms with Gasteiger partial charge in [-0.1, -0.05) is 60.1 Å². The number of piperidine rings is 1. The molecular formula is C22H24ClN3O2S. The molecule has 0 spiro atoms. The fraction of sp³-hybridized carbons (Fsp3) is 0.364. The molecule has 4 rings (SSSR count). The number of likely N-dealkylation sites (tertiary alicyclic amines) is 1. The normalized spacial score (nSPS) is 19.9. The second-order valence-corrected chi connectivity index (χ2v) is 8.17. The Balaban J connectivity index is 1.33. The van der Waals surface area contributed by atoms with Crippen molar-refractivity contribution >= 4 is 35.0 Å². The molecule has 1 unspecified atom stereocenters. The SMILES string of the molecule is O=C1OCC(c2ccccc2)N1C1CCN(C(=S)NCc2ccccc2Cl)CC1. The maximum absolute atomic E-state index is 12.4. The van der Waals surface area contributed by atoms with Crippen LogP contribution in [0, 0.1) is 0 Å². The van der Waals surface area contributed by atoms with E-state index >= 15 is 0 Å². The van der Waals surface area contributed by atoms with Crippen LogP contribution in [0.25, 0.3) is 0 Å². The van der Waals surface area contributed by atoms with Gasteiger partial charge in [0.25, 0.3) is 0 Å². The second kappa shape index (κ2) is 9.01. The summed E-state index contributed by atoms with van der Waals surface area (Å²) in [5, 5.41) is 4.77. The van der Waals surface area contributed by atoms with E-state index in [4.69, 9.17) is 28.6 Å². The minimum Gasteiger partial charge on any atom is -0.447 e. The molecule has 0 bridgehead atoms. The lowest BCUT2D eigenvalue weighted by Crippen LogP contribution is -2.50. The standard InChI is InChI=1S/C22H24ClN3O2S/c23-19-9-5-4-8-17(19)14-24-21(29)25-12-10-18(11-13-25)26-20(15-28-22(26)27)16-6-2-1-3-7-16/h1-9,18,20H,10-15H2,(H,24,29). The largest absolute Gasteiger partial charge is 0.447 e. The van der Waals surface area contributed by atoms with E-state index in [1.807, 2.05) is 47.4 Å². The van der Waals surface area contributed by atoms with Crippen molar-refractivity contribution in [2.45, 2.75) is 31.5 Å². The minimum absolute atomic E-state index is 0.00875. The quantitative estimate of drug-likeness (QED) is 0.731. The van der Waals surface area contributed by atoms with Crippen LogP contribution in [0.3, 0.4) is 0 Å². The number of benzene rings is 2. The molecule has 7 heteroatoms. The zero-order chi connectivity index (χ0) is 20.2. The van der Waals surface area contributed by atoms with Crippen molar-refractivity contribution in [2.24, 2.45) is 0 Å². The van der Waals surface area contributed by atoms with Crippen LogP contribution in [-0.2, 0) is 11.3 Å². The van der Waals surface area contributed by atoms with Gasteiger partial charge in [0.05, 0.1) is 6.04 Å². The lowest BCUT2D eigenvalue weighted by Gasteiger charge is -2.39. The summed E-state index contributed by atoms with van der Waals surface area (Å²) in [6, 6.07) is 18.0. The average Bonchev–Trinajstić information content (AvgIpc) is 3.15. The smallest absolute Gasteiger partial charge is 0.410 e. The summed E-state index contributed by atoms with van der Waals surface area (Å²) < 4.78 is 5.38. The van der Waals surface area contributed by atoms with E-state index in [1.54, 1.807) is 0 Å². The highest BCUT2D eigenvalue weighted by Gasteiger charge is 2.40. The summed E-state index contributed by atoms with van der Waals surface area (Å²) >= 11 is 11.8. The second-order valence-electron chi connectivity index (χ2n) is 7.38. The molecule has 1 amide bonds. The van der Waals surface area contributed by atoms with Gasteiger partial charge in [-0.25, -0.2) is 4.79 Å². The van der Waals surface area contributed by atoms with Gasteiger partial charge in [0, 0.05) is 30.7 Å². The van der Waals surface area contributed by atoms with Crippen molar-refractivity contribution in [1.29, 1.82) is 0 Å². The number of rotatable bonds is 4. The molecular weight excluding hydrogens is 406 g/mol. The number of nitrogens with one attached hydrogen (secondary N) is 1. The van der Waals surface area contributed by atoms with Gasteiger partial charge in [0.15, 0.2) is 5.11 Å². The number of hydrogen-bond acceptors (Lipinski definition) is 3. The fourth-order valence-electron chi connectivity index (χ4n) is 4.04. The number of hydrogen-bond donors (Lipinski definition) is 1. The Morgan fingerprint density at radius 2 is 1.79 bits per heavy atom. The molecule has 1 atom stereocenters. The Morgan fingerprint density at radius 3 is 2.52 bits per heavy atom. The molecule has 29 heavy (non-hydrogen) atoms. The highest BCUT2D eigenvalue weighted by atomic mass is 35.5. The molecule has 152 valence electrons. The van der Waals surface area contributed by atoms with Crippen LogP contribution in [0.2, 0.25) is 5.02 Å². The summed E-state index contributed by atoms with van der Waals surface area (Å²) in [4.78, 5) is 16.5. The van der Waals surface area contributed by atoms with Crippen LogP contribution in [0.4, 0.5) is 4.79 Å². The first-order chi connectivity index (χ1) is 14.1. The van der Waals surface area contributed by atoms with Crippen molar-refractivity contribution in [3.63, 3.8) is 0 Å². The van der Waals surface area contributed by atoms with Crippen LogP contribution in [0.1, 0.15) is 30.0 Å². The van der Waals surface area contributed by atoms with Gasteiger partial charge >= 0.3 is 6.09 Å². The van der Waals surface area contributed by atoms with Crippen LogP contribution >= 0.6 is 23.8 Å². The molecule has 0 aromatic heterocycles. The number of carbonyl (C=O) groups is 1. The van der Waals surface area contributed by atoms with E-state index in [1.165, 1.54) is 0 Å². The van der Waals surface area contributed by atoms with Crippen molar-refractivity contribution in [2.75, 3.05) is 19.7 Å². The lowest BCUT2D eigenvalue weighted by atomic mass is 9.99.